The highest BCUT2D eigenvalue weighted by molar-refractivity contribution is 7.91. The summed E-state index contributed by atoms with van der Waals surface area (Å²) in [4.78, 5) is 4.21. The Balaban J connectivity index is 3.19. The molecule has 1 rings (SSSR count). The molecule has 0 spiro atoms. The molecule has 9 heteroatoms. The van der Waals surface area contributed by atoms with Crippen LogP contribution in [-0.2, 0) is 17.1 Å². The Morgan fingerprint density at radius 3 is 2.53 bits per heavy atom. The van der Waals surface area contributed by atoms with Crippen LogP contribution in [0.5, 0.6) is 0 Å². The Morgan fingerprint density at radius 1 is 1.47 bits per heavy atom. The first-order valence-electron chi connectivity index (χ1n) is 5.00. The van der Waals surface area contributed by atoms with Gasteiger partial charge >= 0.3 is 0 Å². The zero-order valence-electron chi connectivity index (χ0n) is 10.1. The van der Waals surface area contributed by atoms with Crippen molar-refractivity contribution in [3.63, 3.8) is 0 Å². The van der Waals surface area contributed by atoms with E-state index in [-0.39, 0.29) is 10.4 Å². The summed E-state index contributed by atoms with van der Waals surface area (Å²) in [5, 5.41) is 13.0. The minimum atomic E-state index is -3.60. The molecule has 1 unspecified atom stereocenters. The van der Waals surface area contributed by atoms with Crippen molar-refractivity contribution in [1.82, 2.24) is 14.5 Å². The zero-order chi connectivity index (χ0) is 13.2. The lowest BCUT2D eigenvalue weighted by Crippen LogP contribution is -2.30. The van der Waals surface area contributed by atoms with Crippen molar-refractivity contribution in [2.24, 2.45) is 12.0 Å². The SMILES string of the molecule is CC(O)/N=c1/sc(S(=O)(=O)NC(C)C)nn1C. The Labute approximate surface area is 104 Å². The largest absolute Gasteiger partial charge is 0.372 e. The molecular formula is C8H16N4O3S2. The van der Waals surface area contributed by atoms with Crippen LogP contribution in [0.15, 0.2) is 9.33 Å². The predicted molar refractivity (Wildman–Crippen MR) is 63.8 cm³/mol. The fraction of sp³-hybridized carbons (Fsp3) is 0.750. The molecule has 2 N–H and O–H groups in total. The van der Waals surface area contributed by atoms with Gasteiger partial charge in [0.05, 0.1) is 0 Å². The minimum Gasteiger partial charge on any atom is -0.372 e. The predicted octanol–water partition coefficient (Wildman–Crippen LogP) is -0.593. The first-order valence-corrected chi connectivity index (χ1v) is 7.30. The van der Waals surface area contributed by atoms with Gasteiger partial charge < -0.3 is 5.11 Å². The molecule has 17 heavy (non-hydrogen) atoms. The van der Waals surface area contributed by atoms with Crippen LogP contribution in [0.25, 0.3) is 0 Å². The third-order valence-corrected chi connectivity index (χ3v) is 4.64. The van der Waals surface area contributed by atoms with Gasteiger partial charge in [0.1, 0.15) is 6.23 Å². The summed E-state index contributed by atoms with van der Waals surface area (Å²) in [7, 11) is -2.03. The Kier molecular flexibility index (Phi) is 4.42. The van der Waals surface area contributed by atoms with Crippen LogP contribution in [0.2, 0.25) is 0 Å². The topological polar surface area (TPSA) is 96.6 Å². The van der Waals surface area contributed by atoms with Crippen molar-refractivity contribution < 1.29 is 13.5 Å². The normalized spacial score (nSPS) is 15.5. The van der Waals surface area contributed by atoms with Gasteiger partial charge in [0.15, 0.2) is 0 Å². The number of sulfonamides is 1. The maximum atomic E-state index is 11.8. The van der Waals surface area contributed by atoms with Crippen LogP contribution >= 0.6 is 11.3 Å². The Hall–Kier alpha value is -0.770. The van der Waals surface area contributed by atoms with Gasteiger partial charge in [-0.15, -0.1) is 5.10 Å². The second kappa shape index (κ2) is 5.25. The number of aromatic nitrogens is 2. The van der Waals surface area contributed by atoms with Gasteiger partial charge in [-0.3, -0.25) is 0 Å². The van der Waals surface area contributed by atoms with E-state index in [1.54, 1.807) is 20.9 Å². The number of rotatable bonds is 4. The summed E-state index contributed by atoms with van der Waals surface area (Å²) < 4.78 is 27.3. The zero-order valence-corrected chi connectivity index (χ0v) is 11.7. The number of aliphatic hydroxyl groups excluding tert-OH is 1. The van der Waals surface area contributed by atoms with Crippen LogP contribution in [-0.4, -0.2) is 35.6 Å². The fourth-order valence-electron chi connectivity index (χ4n) is 1.07. The minimum absolute atomic E-state index is 0.0619. The molecule has 1 heterocycles. The van der Waals surface area contributed by atoms with E-state index < -0.39 is 16.3 Å². The lowest BCUT2D eigenvalue weighted by atomic mass is 10.4. The molecule has 1 aromatic rings. The number of hydrogen-bond acceptors (Lipinski definition) is 6. The highest BCUT2D eigenvalue weighted by Gasteiger charge is 2.20. The molecule has 0 bridgehead atoms. The summed E-state index contributed by atoms with van der Waals surface area (Å²) in [5.41, 5.74) is 0. The second-order valence-electron chi connectivity index (χ2n) is 3.81. The van der Waals surface area contributed by atoms with Gasteiger partial charge in [0.25, 0.3) is 10.0 Å². The third-order valence-electron chi connectivity index (χ3n) is 1.61. The van der Waals surface area contributed by atoms with Crippen molar-refractivity contribution in [2.45, 2.75) is 37.4 Å². The quantitative estimate of drug-likeness (QED) is 0.770. The van der Waals surface area contributed by atoms with E-state index in [9.17, 15) is 8.42 Å². The van der Waals surface area contributed by atoms with Gasteiger partial charge in [-0.2, -0.15) is 0 Å². The molecule has 0 saturated heterocycles. The van der Waals surface area contributed by atoms with Crippen molar-refractivity contribution in [3.05, 3.63) is 4.80 Å². The fourth-order valence-corrected chi connectivity index (χ4v) is 3.52. The van der Waals surface area contributed by atoms with Crippen LogP contribution < -0.4 is 9.52 Å². The van der Waals surface area contributed by atoms with Gasteiger partial charge in [0, 0.05) is 13.1 Å². The van der Waals surface area contributed by atoms with Crippen LogP contribution in [0.4, 0.5) is 0 Å². The molecule has 0 saturated carbocycles. The van der Waals surface area contributed by atoms with E-state index in [2.05, 4.69) is 14.8 Å². The van der Waals surface area contributed by atoms with Gasteiger partial charge in [-0.25, -0.2) is 22.8 Å². The van der Waals surface area contributed by atoms with E-state index in [0.29, 0.717) is 4.80 Å². The number of aryl methyl sites for hydroxylation is 1. The van der Waals surface area contributed by atoms with Gasteiger partial charge in [0.2, 0.25) is 9.14 Å². The molecule has 0 aromatic carbocycles. The highest BCUT2D eigenvalue weighted by atomic mass is 32.2. The number of nitrogens with one attached hydrogen (secondary N) is 1. The van der Waals surface area contributed by atoms with Crippen molar-refractivity contribution in [2.75, 3.05) is 0 Å². The summed E-state index contributed by atoms with van der Waals surface area (Å²) in [6, 6.07) is -0.202. The number of aliphatic hydroxyl groups is 1. The van der Waals surface area contributed by atoms with E-state index in [1.165, 1.54) is 11.6 Å². The molecule has 0 aliphatic carbocycles. The number of hydrogen-bond donors (Lipinski definition) is 2. The van der Waals surface area contributed by atoms with E-state index in [1.807, 2.05) is 0 Å². The van der Waals surface area contributed by atoms with Gasteiger partial charge in [-0.05, 0) is 20.8 Å². The first kappa shape index (κ1) is 14.3. The average Bonchev–Trinajstić information content (AvgIpc) is 2.45. The first-order chi connectivity index (χ1) is 7.72. The van der Waals surface area contributed by atoms with Crippen molar-refractivity contribution >= 4 is 21.4 Å². The maximum absolute atomic E-state index is 11.8. The van der Waals surface area contributed by atoms with E-state index in [4.69, 9.17) is 5.11 Å². The molecule has 0 aliphatic rings. The van der Waals surface area contributed by atoms with Gasteiger partial charge in [-0.1, -0.05) is 11.3 Å². The molecule has 7 nitrogen and oxygen atoms in total. The lowest BCUT2D eigenvalue weighted by Gasteiger charge is -2.05. The molecule has 0 fully saturated rings. The molecule has 98 valence electrons. The average molecular weight is 280 g/mol. The van der Waals surface area contributed by atoms with E-state index in [0.717, 1.165) is 11.3 Å². The summed E-state index contributed by atoms with van der Waals surface area (Å²) >= 11 is 0.911. The standard InChI is InChI=1S/C8H16N4O3S2/c1-5(2)11-17(14,15)8-10-12(4)7(16-8)9-6(3)13/h5-6,11,13H,1-4H3/b9-7+. The monoisotopic (exact) mass is 280 g/mol. The van der Waals surface area contributed by atoms with Crippen molar-refractivity contribution in [1.29, 1.82) is 0 Å². The summed E-state index contributed by atoms with van der Waals surface area (Å²) in [5.74, 6) is 0. The molecule has 1 atom stereocenters. The molecule has 0 amide bonds. The second-order valence-corrected chi connectivity index (χ2v) is 6.65. The van der Waals surface area contributed by atoms with E-state index >= 15 is 0 Å². The van der Waals surface area contributed by atoms with Crippen LogP contribution in [0.1, 0.15) is 20.8 Å². The number of nitrogens with zero attached hydrogens (tertiary/aromatic N) is 3. The summed E-state index contributed by atoms with van der Waals surface area (Å²) in [6.07, 6.45) is -0.893. The molecule has 1 aromatic heterocycles. The highest BCUT2D eigenvalue weighted by Crippen LogP contribution is 2.08. The molecular weight excluding hydrogens is 264 g/mol. The maximum Gasteiger partial charge on any atom is 0.270 e. The van der Waals surface area contributed by atoms with Crippen molar-refractivity contribution in [3.8, 4) is 0 Å². The molecule has 0 radical (unpaired) electrons. The Bertz CT molecular complexity index is 541. The van der Waals surface area contributed by atoms with Crippen LogP contribution in [0.3, 0.4) is 0 Å². The lowest BCUT2D eigenvalue weighted by molar-refractivity contribution is 0.200. The van der Waals surface area contributed by atoms with Crippen LogP contribution in [0, 0.1) is 0 Å². The Morgan fingerprint density at radius 2 is 2.06 bits per heavy atom. The molecule has 0 aliphatic heterocycles. The summed E-state index contributed by atoms with van der Waals surface area (Å²) in [6.45, 7) is 4.94. The third kappa shape index (κ3) is 3.87. The smallest absolute Gasteiger partial charge is 0.270 e.